The molecule has 1 fully saturated rings. The van der Waals surface area contributed by atoms with E-state index >= 15 is 0 Å². The second kappa shape index (κ2) is 8.98. The molecule has 2 N–H and O–H groups in total. The Hall–Kier alpha value is -1.06. The summed E-state index contributed by atoms with van der Waals surface area (Å²) in [4.78, 5) is 23.9. The highest BCUT2D eigenvalue weighted by molar-refractivity contribution is 5.81. The number of carbonyl (C=O) groups excluding carboxylic acids is 2. The Morgan fingerprint density at radius 1 is 0.950 bits per heavy atom. The summed E-state index contributed by atoms with van der Waals surface area (Å²) in [6, 6.07) is 0. The average molecular weight is 282 g/mol. The van der Waals surface area contributed by atoms with Crippen LogP contribution in [0.3, 0.4) is 0 Å². The third-order valence-electron chi connectivity index (χ3n) is 4.04. The van der Waals surface area contributed by atoms with Gasteiger partial charge in [-0.2, -0.15) is 0 Å². The van der Waals surface area contributed by atoms with Crippen LogP contribution >= 0.6 is 0 Å². The molecule has 0 aromatic carbocycles. The lowest BCUT2D eigenvalue weighted by Gasteiger charge is -2.27. The van der Waals surface area contributed by atoms with Gasteiger partial charge in [-0.15, -0.1) is 0 Å². The third kappa shape index (κ3) is 5.93. The van der Waals surface area contributed by atoms with Crippen molar-refractivity contribution < 1.29 is 9.59 Å². The van der Waals surface area contributed by atoms with Gasteiger partial charge < -0.3 is 10.6 Å². The number of rotatable bonds is 7. The summed E-state index contributed by atoms with van der Waals surface area (Å²) in [5, 5.41) is 5.98. The molecule has 1 aliphatic rings. The summed E-state index contributed by atoms with van der Waals surface area (Å²) < 4.78 is 0. The number of carbonyl (C=O) groups is 2. The minimum absolute atomic E-state index is 0.109. The van der Waals surface area contributed by atoms with Crippen molar-refractivity contribution in [3.8, 4) is 0 Å². The van der Waals surface area contributed by atoms with E-state index in [0.717, 1.165) is 51.6 Å². The first-order valence-corrected chi connectivity index (χ1v) is 8.10. The molecule has 0 bridgehead atoms. The molecule has 0 atom stereocenters. The van der Waals surface area contributed by atoms with Gasteiger partial charge in [-0.25, -0.2) is 0 Å². The average Bonchev–Trinajstić information content (AvgIpc) is 2.44. The summed E-state index contributed by atoms with van der Waals surface area (Å²) >= 11 is 0. The smallest absolute Gasteiger partial charge is 0.223 e. The van der Waals surface area contributed by atoms with Crippen molar-refractivity contribution in [1.29, 1.82) is 0 Å². The lowest BCUT2D eigenvalue weighted by Crippen LogP contribution is -2.38. The van der Waals surface area contributed by atoms with Gasteiger partial charge >= 0.3 is 0 Å². The van der Waals surface area contributed by atoms with Crippen LogP contribution in [0.25, 0.3) is 0 Å². The van der Waals surface area contributed by atoms with E-state index in [1.54, 1.807) is 0 Å². The van der Waals surface area contributed by atoms with Crippen molar-refractivity contribution in [3.63, 3.8) is 0 Å². The lowest BCUT2D eigenvalue weighted by atomic mass is 9.81. The molecule has 0 heterocycles. The minimum atomic E-state index is 0.109. The third-order valence-corrected chi connectivity index (χ3v) is 4.04. The van der Waals surface area contributed by atoms with Crippen molar-refractivity contribution in [2.24, 2.45) is 17.8 Å². The fourth-order valence-electron chi connectivity index (χ4n) is 2.64. The normalized spacial score (nSPS) is 22.6. The fourth-order valence-corrected chi connectivity index (χ4v) is 2.64. The Bertz CT molecular complexity index is 308. The molecule has 0 aromatic heterocycles. The van der Waals surface area contributed by atoms with Gasteiger partial charge in [0.2, 0.25) is 11.8 Å². The summed E-state index contributed by atoms with van der Waals surface area (Å²) in [5.74, 6) is 1.19. The summed E-state index contributed by atoms with van der Waals surface area (Å²) in [6.07, 6.45) is 5.38. The predicted octanol–water partition coefficient (Wildman–Crippen LogP) is 2.48. The topological polar surface area (TPSA) is 58.2 Å². The Labute approximate surface area is 123 Å². The van der Waals surface area contributed by atoms with E-state index in [1.807, 2.05) is 0 Å². The Morgan fingerprint density at radius 3 is 1.80 bits per heavy atom. The summed E-state index contributed by atoms with van der Waals surface area (Å²) in [7, 11) is 0. The monoisotopic (exact) mass is 282 g/mol. The molecule has 4 heteroatoms. The van der Waals surface area contributed by atoms with Crippen LogP contribution in [-0.2, 0) is 9.59 Å². The van der Waals surface area contributed by atoms with Crippen LogP contribution in [0.5, 0.6) is 0 Å². The standard InChI is InChI=1S/C16H30N2O2/c1-4-10-17-15(19)13-5-7-14(8-6-13)16(20)18-11-9-12(2)3/h12-14H,4-11H2,1-3H3,(H,17,19)(H,18,20). The van der Waals surface area contributed by atoms with E-state index in [0.29, 0.717) is 5.92 Å². The quantitative estimate of drug-likeness (QED) is 0.753. The van der Waals surface area contributed by atoms with E-state index in [9.17, 15) is 9.59 Å². The zero-order chi connectivity index (χ0) is 15.0. The number of nitrogens with one attached hydrogen (secondary N) is 2. The first-order chi connectivity index (χ1) is 9.54. The van der Waals surface area contributed by atoms with Crippen LogP contribution in [0.4, 0.5) is 0 Å². The molecule has 0 aliphatic heterocycles. The number of amides is 2. The van der Waals surface area contributed by atoms with E-state index in [4.69, 9.17) is 0 Å². The molecular weight excluding hydrogens is 252 g/mol. The van der Waals surface area contributed by atoms with E-state index in [1.165, 1.54) is 0 Å². The van der Waals surface area contributed by atoms with Gasteiger partial charge in [0.25, 0.3) is 0 Å². The SMILES string of the molecule is CCCNC(=O)C1CCC(C(=O)NCCC(C)C)CC1. The maximum absolute atomic E-state index is 12.0. The summed E-state index contributed by atoms with van der Waals surface area (Å²) in [6.45, 7) is 7.90. The Morgan fingerprint density at radius 2 is 1.40 bits per heavy atom. The van der Waals surface area contributed by atoms with E-state index < -0.39 is 0 Å². The molecule has 4 nitrogen and oxygen atoms in total. The maximum Gasteiger partial charge on any atom is 0.223 e. The van der Waals surface area contributed by atoms with Gasteiger partial charge in [0, 0.05) is 24.9 Å². The molecule has 2 amide bonds. The van der Waals surface area contributed by atoms with Crippen molar-refractivity contribution >= 4 is 11.8 Å². The van der Waals surface area contributed by atoms with Crippen LogP contribution in [0.2, 0.25) is 0 Å². The largest absolute Gasteiger partial charge is 0.356 e. The molecule has 0 unspecified atom stereocenters. The highest BCUT2D eigenvalue weighted by atomic mass is 16.2. The van der Waals surface area contributed by atoms with E-state index in [2.05, 4.69) is 31.4 Å². The van der Waals surface area contributed by atoms with Crippen molar-refractivity contribution in [2.45, 2.75) is 59.3 Å². The van der Waals surface area contributed by atoms with Crippen LogP contribution in [0.1, 0.15) is 59.3 Å². The number of hydrogen-bond donors (Lipinski definition) is 2. The molecule has 0 spiro atoms. The molecule has 116 valence electrons. The van der Waals surface area contributed by atoms with Gasteiger partial charge in [0.15, 0.2) is 0 Å². The van der Waals surface area contributed by atoms with Crippen LogP contribution in [-0.4, -0.2) is 24.9 Å². The van der Waals surface area contributed by atoms with Crippen LogP contribution < -0.4 is 10.6 Å². The molecular formula is C16H30N2O2. The first-order valence-electron chi connectivity index (χ1n) is 8.10. The number of hydrogen-bond acceptors (Lipinski definition) is 2. The van der Waals surface area contributed by atoms with Crippen molar-refractivity contribution in [1.82, 2.24) is 10.6 Å². The predicted molar refractivity (Wildman–Crippen MR) is 81.2 cm³/mol. The van der Waals surface area contributed by atoms with Gasteiger partial charge in [-0.05, 0) is 44.4 Å². The molecule has 20 heavy (non-hydrogen) atoms. The first kappa shape index (κ1) is 17.0. The zero-order valence-corrected chi connectivity index (χ0v) is 13.2. The second-order valence-electron chi connectivity index (χ2n) is 6.31. The molecule has 1 saturated carbocycles. The van der Waals surface area contributed by atoms with Crippen molar-refractivity contribution in [3.05, 3.63) is 0 Å². The highest BCUT2D eigenvalue weighted by Gasteiger charge is 2.29. The highest BCUT2D eigenvalue weighted by Crippen LogP contribution is 2.29. The molecule has 1 aliphatic carbocycles. The fraction of sp³-hybridized carbons (Fsp3) is 0.875. The summed E-state index contributed by atoms with van der Waals surface area (Å²) in [5.41, 5.74) is 0. The zero-order valence-electron chi connectivity index (χ0n) is 13.2. The van der Waals surface area contributed by atoms with Crippen LogP contribution in [0, 0.1) is 17.8 Å². The van der Waals surface area contributed by atoms with E-state index in [-0.39, 0.29) is 23.7 Å². The van der Waals surface area contributed by atoms with Gasteiger partial charge in [0.05, 0.1) is 0 Å². The second-order valence-corrected chi connectivity index (χ2v) is 6.31. The van der Waals surface area contributed by atoms with Crippen LogP contribution in [0.15, 0.2) is 0 Å². The Kier molecular flexibility index (Phi) is 7.63. The molecule has 1 rings (SSSR count). The lowest BCUT2D eigenvalue weighted by molar-refractivity contribution is -0.130. The maximum atomic E-state index is 12.0. The minimum Gasteiger partial charge on any atom is -0.356 e. The van der Waals surface area contributed by atoms with Crippen molar-refractivity contribution in [2.75, 3.05) is 13.1 Å². The van der Waals surface area contributed by atoms with Gasteiger partial charge in [0.1, 0.15) is 0 Å². The molecule has 0 aromatic rings. The van der Waals surface area contributed by atoms with Gasteiger partial charge in [-0.3, -0.25) is 9.59 Å². The molecule has 0 saturated heterocycles. The molecule has 0 radical (unpaired) electrons. The van der Waals surface area contributed by atoms with Gasteiger partial charge in [-0.1, -0.05) is 20.8 Å². The Balaban J connectivity index is 2.24.